The van der Waals surface area contributed by atoms with Crippen molar-refractivity contribution in [1.82, 2.24) is 15.5 Å². The van der Waals surface area contributed by atoms with Crippen LogP contribution in [0.2, 0.25) is 0 Å². The molecule has 3 aliphatic heterocycles. The SMILES string of the molecule is O=C1CCC(N2Cc3cc(C[C@H]4CCNC4)ccc3C2=O)C(=O)N1. The summed E-state index contributed by atoms with van der Waals surface area (Å²) in [5.41, 5.74) is 2.93. The molecule has 6 heteroatoms. The van der Waals surface area contributed by atoms with E-state index in [2.05, 4.69) is 16.7 Å². The van der Waals surface area contributed by atoms with Gasteiger partial charge >= 0.3 is 0 Å². The molecular weight excluding hydrogens is 306 g/mol. The van der Waals surface area contributed by atoms with Crippen molar-refractivity contribution in [2.45, 2.75) is 38.3 Å². The maximum absolute atomic E-state index is 12.6. The molecule has 2 atom stereocenters. The zero-order valence-corrected chi connectivity index (χ0v) is 13.5. The number of fused-ring (bicyclic) bond motifs is 1. The zero-order chi connectivity index (χ0) is 16.7. The fourth-order valence-corrected chi connectivity index (χ4v) is 3.98. The summed E-state index contributed by atoms with van der Waals surface area (Å²) in [7, 11) is 0. The second kappa shape index (κ2) is 6.02. The second-order valence-electron chi connectivity index (χ2n) is 6.95. The highest BCUT2D eigenvalue weighted by atomic mass is 16.2. The molecule has 1 aromatic carbocycles. The molecule has 24 heavy (non-hydrogen) atoms. The lowest BCUT2D eigenvalue weighted by Gasteiger charge is -2.29. The number of amides is 3. The maximum Gasteiger partial charge on any atom is 0.255 e. The van der Waals surface area contributed by atoms with Crippen molar-refractivity contribution in [2.75, 3.05) is 13.1 Å². The minimum Gasteiger partial charge on any atom is -0.322 e. The average Bonchev–Trinajstić information content (AvgIpc) is 3.16. The van der Waals surface area contributed by atoms with Crippen LogP contribution in [0.3, 0.4) is 0 Å². The molecule has 0 bridgehead atoms. The molecule has 1 unspecified atom stereocenters. The quantitative estimate of drug-likeness (QED) is 0.797. The molecule has 3 aliphatic rings. The normalized spacial score (nSPS) is 26.7. The summed E-state index contributed by atoms with van der Waals surface area (Å²) in [4.78, 5) is 37.6. The Morgan fingerprint density at radius 3 is 2.79 bits per heavy atom. The van der Waals surface area contributed by atoms with E-state index in [9.17, 15) is 14.4 Å². The molecule has 0 spiro atoms. The second-order valence-corrected chi connectivity index (χ2v) is 6.95. The van der Waals surface area contributed by atoms with Gasteiger partial charge in [0.25, 0.3) is 5.91 Å². The fourth-order valence-electron chi connectivity index (χ4n) is 3.98. The third-order valence-corrected chi connectivity index (χ3v) is 5.27. The maximum atomic E-state index is 12.6. The number of piperidine rings is 1. The standard InChI is InChI=1S/C18H21N3O3/c22-16-4-3-15(17(23)20-16)21-10-13-8-11(1-2-14(13)18(21)24)7-12-5-6-19-9-12/h1-2,8,12,15,19H,3-7,9-10H2,(H,20,22,23)/t12-,15?/m1/s1. The third kappa shape index (κ3) is 2.71. The largest absolute Gasteiger partial charge is 0.322 e. The predicted molar refractivity (Wildman–Crippen MR) is 87.2 cm³/mol. The van der Waals surface area contributed by atoms with Crippen LogP contribution in [0.5, 0.6) is 0 Å². The minimum atomic E-state index is -0.537. The summed E-state index contributed by atoms with van der Waals surface area (Å²) < 4.78 is 0. The van der Waals surface area contributed by atoms with E-state index >= 15 is 0 Å². The number of carbonyl (C=O) groups is 3. The molecule has 2 fully saturated rings. The molecular formula is C18H21N3O3. The predicted octanol–water partition coefficient (Wildman–Crippen LogP) is 0.600. The number of carbonyl (C=O) groups excluding carboxylic acids is 3. The molecule has 0 saturated carbocycles. The van der Waals surface area contributed by atoms with E-state index in [0.717, 1.165) is 25.1 Å². The smallest absolute Gasteiger partial charge is 0.255 e. The van der Waals surface area contributed by atoms with Gasteiger partial charge in [-0.25, -0.2) is 0 Å². The molecule has 126 valence electrons. The number of imide groups is 1. The molecule has 0 radical (unpaired) electrons. The molecule has 4 rings (SSSR count). The highest BCUT2D eigenvalue weighted by Crippen LogP contribution is 2.29. The molecule has 2 N–H and O–H groups in total. The fraction of sp³-hybridized carbons (Fsp3) is 0.500. The number of nitrogens with one attached hydrogen (secondary N) is 2. The third-order valence-electron chi connectivity index (χ3n) is 5.27. The number of benzene rings is 1. The molecule has 3 heterocycles. The van der Waals surface area contributed by atoms with Crippen LogP contribution < -0.4 is 10.6 Å². The lowest BCUT2D eigenvalue weighted by Crippen LogP contribution is -2.52. The van der Waals surface area contributed by atoms with Gasteiger partial charge in [0.15, 0.2) is 0 Å². The Balaban J connectivity index is 1.51. The van der Waals surface area contributed by atoms with E-state index in [0.29, 0.717) is 24.4 Å². The number of hydrogen-bond donors (Lipinski definition) is 2. The molecule has 0 aromatic heterocycles. The van der Waals surface area contributed by atoms with Crippen LogP contribution in [0.15, 0.2) is 18.2 Å². The summed E-state index contributed by atoms with van der Waals surface area (Å²) in [6, 6.07) is 5.49. The first kappa shape index (κ1) is 15.3. The van der Waals surface area contributed by atoms with E-state index in [1.54, 1.807) is 4.90 Å². The van der Waals surface area contributed by atoms with Crippen LogP contribution in [-0.2, 0) is 22.6 Å². The summed E-state index contributed by atoms with van der Waals surface area (Å²) in [6.45, 7) is 2.59. The average molecular weight is 327 g/mol. The Kier molecular flexibility index (Phi) is 3.84. The zero-order valence-electron chi connectivity index (χ0n) is 13.5. The Bertz CT molecular complexity index is 709. The molecule has 0 aliphatic carbocycles. The van der Waals surface area contributed by atoms with Crippen molar-refractivity contribution < 1.29 is 14.4 Å². The minimum absolute atomic E-state index is 0.103. The van der Waals surface area contributed by atoms with Crippen molar-refractivity contribution in [3.05, 3.63) is 34.9 Å². The van der Waals surface area contributed by atoms with Gasteiger partial charge in [-0.2, -0.15) is 0 Å². The van der Waals surface area contributed by atoms with Gasteiger partial charge < -0.3 is 10.2 Å². The van der Waals surface area contributed by atoms with E-state index in [1.165, 1.54) is 12.0 Å². The molecule has 2 saturated heterocycles. The Morgan fingerprint density at radius 1 is 1.17 bits per heavy atom. The van der Waals surface area contributed by atoms with Crippen molar-refractivity contribution in [3.63, 3.8) is 0 Å². The molecule has 6 nitrogen and oxygen atoms in total. The van der Waals surface area contributed by atoms with Crippen molar-refractivity contribution in [2.24, 2.45) is 5.92 Å². The van der Waals surface area contributed by atoms with Crippen molar-refractivity contribution in [1.29, 1.82) is 0 Å². The van der Waals surface area contributed by atoms with Gasteiger partial charge in [-0.3, -0.25) is 19.7 Å². The summed E-state index contributed by atoms with van der Waals surface area (Å²) in [5.74, 6) is -0.0579. The van der Waals surface area contributed by atoms with Crippen LogP contribution in [0.1, 0.15) is 40.7 Å². The summed E-state index contributed by atoms with van der Waals surface area (Å²) in [6.07, 6.45) is 2.91. The van der Waals surface area contributed by atoms with Crippen molar-refractivity contribution >= 4 is 17.7 Å². The Hall–Kier alpha value is -2.21. The number of nitrogens with zero attached hydrogens (tertiary/aromatic N) is 1. The first-order valence-corrected chi connectivity index (χ1v) is 8.59. The van der Waals surface area contributed by atoms with E-state index in [-0.39, 0.29) is 24.1 Å². The lowest BCUT2D eigenvalue weighted by molar-refractivity contribution is -0.136. The topological polar surface area (TPSA) is 78.5 Å². The summed E-state index contributed by atoms with van der Waals surface area (Å²) >= 11 is 0. The van der Waals surface area contributed by atoms with Crippen LogP contribution in [-0.4, -0.2) is 41.8 Å². The van der Waals surface area contributed by atoms with E-state index in [4.69, 9.17) is 0 Å². The van der Waals surface area contributed by atoms with Gasteiger partial charge in [0.05, 0.1) is 0 Å². The summed E-state index contributed by atoms with van der Waals surface area (Å²) in [5, 5.41) is 5.71. The van der Waals surface area contributed by atoms with Gasteiger partial charge in [-0.15, -0.1) is 0 Å². The van der Waals surface area contributed by atoms with Gasteiger partial charge in [0.2, 0.25) is 11.8 Å². The first-order chi connectivity index (χ1) is 11.6. The number of rotatable bonds is 3. The first-order valence-electron chi connectivity index (χ1n) is 8.59. The molecule has 3 amide bonds. The van der Waals surface area contributed by atoms with Crippen LogP contribution in [0.4, 0.5) is 0 Å². The van der Waals surface area contributed by atoms with Crippen molar-refractivity contribution in [3.8, 4) is 0 Å². The lowest BCUT2D eigenvalue weighted by atomic mass is 9.96. The van der Waals surface area contributed by atoms with E-state index < -0.39 is 6.04 Å². The number of hydrogen-bond acceptors (Lipinski definition) is 4. The van der Waals surface area contributed by atoms with E-state index in [1.807, 2.05) is 12.1 Å². The van der Waals surface area contributed by atoms with Crippen LogP contribution in [0, 0.1) is 5.92 Å². The monoisotopic (exact) mass is 327 g/mol. The molecule has 1 aromatic rings. The van der Waals surface area contributed by atoms with Gasteiger partial charge in [-0.1, -0.05) is 12.1 Å². The highest BCUT2D eigenvalue weighted by Gasteiger charge is 2.39. The Morgan fingerprint density at radius 2 is 2.04 bits per heavy atom. The van der Waals surface area contributed by atoms with Crippen LogP contribution >= 0.6 is 0 Å². The highest BCUT2D eigenvalue weighted by molar-refractivity contribution is 6.05. The van der Waals surface area contributed by atoms with Gasteiger partial charge in [-0.05, 0) is 55.5 Å². The van der Waals surface area contributed by atoms with Crippen LogP contribution in [0.25, 0.3) is 0 Å². The van der Waals surface area contributed by atoms with Gasteiger partial charge in [0, 0.05) is 18.5 Å². The van der Waals surface area contributed by atoms with Gasteiger partial charge in [0.1, 0.15) is 6.04 Å². The Labute approximate surface area is 140 Å².